The van der Waals surface area contributed by atoms with Crippen LogP contribution in [0.2, 0.25) is 0 Å². The SMILES string of the molecule is CCCCOc1ccc(-c2ccc3c(F)c(CCc4ccc(OCC(F)(F)F)cc4)ccc3c2)cc1. The van der Waals surface area contributed by atoms with Gasteiger partial charge in [0.15, 0.2) is 6.61 Å². The van der Waals surface area contributed by atoms with Crippen LogP contribution >= 0.6 is 0 Å². The quantitative estimate of drug-likeness (QED) is 0.162. The molecule has 0 radical (unpaired) electrons. The van der Waals surface area contributed by atoms with Crippen LogP contribution in [0.1, 0.15) is 30.9 Å². The van der Waals surface area contributed by atoms with Gasteiger partial charge in [0.25, 0.3) is 0 Å². The number of rotatable bonds is 10. The van der Waals surface area contributed by atoms with E-state index in [0.29, 0.717) is 30.4 Å². The Labute approximate surface area is 208 Å². The molecule has 0 heterocycles. The summed E-state index contributed by atoms with van der Waals surface area (Å²) in [4.78, 5) is 0. The molecule has 0 fully saturated rings. The van der Waals surface area contributed by atoms with E-state index in [4.69, 9.17) is 9.47 Å². The average molecular weight is 497 g/mol. The van der Waals surface area contributed by atoms with Gasteiger partial charge in [-0.3, -0.25) is 0 Å². The Hall–Kier alpha value is -3.54. The number of fused-ring (bicyclic) bond motifs is 1. The van der Waals surface area contributed by atoms with E-state index in [1.54, 1.807) is 18.2 Å². The van der Waals surface area contributed by atoms with Crippen molar-refractivity contribution >= 4 is 10.8 Å². The number of ether oxygens (including phenoxy) is 2. The Bertz CT molecular complexity index is 1280. The van der Waals surface area contributed by atoms with Gasteiger partial charge in [-0.15, -0.1) is 0 Å². The van der Waals surface area contributed by atoms with E-state index >= 15 is 4.39 Å². The highest BCUT2D eigenvalue weighted by molar-refractivity contribution is 5.88. The van der Waals surface area contributed by atoms with E-state index in [9.17, 15) is 13.2 Å². The third-order valence-electron chi connectivity index (χ3n) is 6.00. The van der Waals surface area contributed by atoms with Crippen molar-refractivity contribution in [1.29, 1.82) is 0 Å². The molecule has 0 N–H and O–H groups in total. The predicted octanol–water partition coefficient (Wildman–Crippen LogP) is 8.55. The highest BCUT2D eigenvalue weighted by Crippen LogP contribution is 2.29. The normalized spacial score (nSPS) is 11.6. The maximum Gasteiger partial charge on any atom is 0.422 e. The number of halogens is 4. The monoisotopic (exact) mass is 496 g/mol. The second-order valence-corrected chi connectivity index (χ2v) is 8.75. The zero-order chi connectivity index (χ0) is 25.5. The summed E-state index contributed by atoms with van der Waals surface area (Å²) in [6.07, 6.45) is -1.23. The summed E-state index contributed by atoms with van der Waals surface area (Å²) in [5.41, 5.74) is 3.53. The topological polar surface area (TPSA) is 18.5 Å². The number of hydrogen-bond acceptors (Lipinski definition) is 2. The predicted molar refractivity (Wildman–Crippen MR) is 135 cm³/mol. The Morgan fingerprint density at radius 2 is 1.39 bits per heavy atom. The number of aryl methyl sites for hydroxylation is 2. The van der Waals surface area contributed by atoms with E-state index in [0.717, 1.165) is 40.7 Å². The first kappa shape index (κ1) is 25.5. The van der Waals surface area contributed by atoms with E-state index in [-0.39, 0.29) is 11.6 Å². The second-order valence-electron chi connectivity index (χ2n) is 8.75. The van der Waals surface area contributed by atoms with Crippen LogP contribution in [0.25, 0.3) is 21.9 Å². The van der Waals surface area contributed by atoms with Gasteiger partial charge in [0, 0.05) is 5.39 Å². The van der Waals surface area contributed by atoms with Crippen LogP contribution in [0, 0.1) is 5.82 Å². The Kier molecular flexibility index (Phi) is 8.14. The molecule has 0 aromatic heterocycles. The van der Waals surface area contributed by atoms with Crippen LogP contribution in [0.3, 0.4) is 0 Å². The first-order chi connectivity index (χ1) is 17.3. The second kappa shape index (κ2) is 11.5. The van der Waals surface area contributed by atoms with Gasteiger partial charge in [-0.05, 0) is 77.2 Å². The fraction of sp³-hybridized carbons (Fsp3) is 0.267. The minimum absolute atomic E-state index is 0.155. The highest BCUT2D eigenvalue weighted by Gasteiger charge is 2.28. The Morgan fingerprint density at radius 3 is 2.08 bits per heavy atom. The van der Waals surface area contributed by atoms with Crippen LogP contribution in [0.15, 0.2) is 78.9 Å². The molecular weight excluding hydrogens is 468 g/mol. The molecule has 0 aliphatic carbocycles. The van der Waals surface area contributed by atoms with Gasteiger partial charge in [-0.25, -0.2) is 4.39 Å². The Balaban J connectivity index is 1.41. The van der Waals surface area contributed by atoms with Crippen molar-refractivity contribution in [2.75, 3.05) is 13.2 Å². The van der Waals surface area contributed by atoms with Crippen molar-refractivity contribution in [1.82, 2.24) is 0 Å². The molecular formula is C30H28F4O2. The largest absolute Gasteiger partial charge is 0.494 e. The first-order valence-corrected chi connectivity index (χ1v) is 12.1. The molecule has 0 amide bonds. The van der Waals surface area contributed by atoms with Gasteiger partial charge in [0.1, 0.15) is 17.3 Å². The molecule has 0 spiro atoms. The van der Waals surface area contributed by atoms with E-state index in [2.05, 4.69) is 6.92 Å². The van der Waals surface area contributed by atoms with Gasteiger partial charge in [-0.1, -0.05) is 61.9 Å². The molecule has 4 aromatic carbocycles. The smallest absolute Gasteiger partial charge is 0.422 e. The number of unbranched alkanes of at least 4 members (excludes halogenated alkanes) is 1. The lowest BCUT2D eigenvalue weighted by Crippen LogP contribution is -2.19. The minimum Gasteiger partial charge on any atom is -0.494 e. The molecule has 0 bridgehead atoms. The number of benzene rings is 4. The molecule has 0 aliphatic rings. The molecule has 6 heteroatoms. The summed E-state index contributed by atoms with van der Waals surface area (Å²) in [6.45, 7) is 1.50. The van der Waals surface area contributed by atoms with Gasteiger partial charge >= 0.3 is 6.18 Å². The van der Waals surface area contributed by atoms with Crippen molar-refractivity contribution in [3.8, 4) is 22.6 Å². The first-order valence-electron chi connectivity index (χ1n) is 12.1. The van der Waals surface area contributed by atoms with Gasteiger partial charge in [0.2, 0.25) is 0 Å². The van der Waals surface area contributed by atoms with Gasteiger partial charge in [0.05, 0.1) is 6.61 Å². The molecule has 0 atom stereocenters. The molecule has 36 heavy (non-hydrogen) atoms. The Morgan fingerprint density at radius 1 is 0.722 bits per heavy atom. The molecule has 188 valence electrons. The lowest BCUT2D eigenvalue weighted by atomic mass is 9.97. The van der Waals surface area contributed by atoms with Gasteiger partial charge < -0.3 is 9.47 Å². The zero-order valence-electron chi connectivity index (χ0n) is 20.1. The summed E-state index contributed by atoms with van der Waals surface area (Å²) in [7, 11) is 0. The number of alkyl halides is 3. The van der Waals surface area contributed by atoms with Crippen LogP contribution < -0.4 is 9.47 Å². The van der Waals surface area contributed by atoms with E-state index in [1.807, 2.05) is 48.5 Å². The fourth-order valence-corrected chi connectivity index (χ4v) is 3.98. The third kappa shape index (κ3) is 6.78. The fourth-order valence-electron chi connectivity index (χ4n) is 3.98. The summed E-state index contributed by atoms with van der Waals surface area (Å²) in [6, 6.07) is 23.8. The standard InChI is InChI=1S/C30H28F4O2/c1-2-3-18-35-26-15-10-22(11-16-26)24-12-17-28-25(19-24)9-8-23(29(28)31)7-4-21-5-13-27(14-6-21)36-20-30(32,33)34/h5-6,8-17,19H,2-4,7,18,20H2,1H3. The molecule has 0 unspecified atom stereocenters. The van der Waals surface area contributed by atoms with Crippen molar-refractivity contribution in [2.45, 2.75) is 38.8 Å². The van der Waals surface area contributed by atoms with Crippen LogP contribution in [-0.4, -0.2) is 19.4 Å². The summed E-state index contributed by atoms with van der Waals surface area (Å²) in [5, 5.41) is 1.38. The zero-order valence-corrected chi connectivity index (χ0v) is 20.1. The van der Waals surface area contributed by atoms with Crippen molar-refractivity contribution in [3.63, 3.8) is 0 Å². The molecule has 0 saturated heterocycles. The third-order valence-corrected chi connectivity index (χ3v) is 6.00. The maximum absolute atomic E-state index is 15.2. The minimum atomic E-state index is -4.37. The van der Waals surface area contributed by atoms with Crippen molar-refractivity contribution in [3.05, 3.63) is 95.8 Å². The average Bonchev–Trinajstić information content (AvgIpc) is 2.88. The maximum atomic E-state index is 15.2. The van der Waals surface area contributed by atoms with Crippen LogP contribution in [0.4, 0.5) is 17.6 Å². The lowest BCUT2D eigenvalue weighted by Gasteiger charge is -2.11. The van der Waals surface area contributed by atoms with Crippen LogP contribution in [-0.2, 0) is 12.8 Å². The molecule has 0 aliphatic heterocycles. The van der Waals surface area contributed by atoms with Gasteiger partial charge in [-0.2, -0.15) is 13.2 Å². The number of hydrogen-bond donors (Lipinski definition) is 0. The van der Waals surface area contributed by atoms with Crippen LogP contribution in [0.5, 0.6) is 11.5 Å². The molecule has 2 nitrogen and oxygen atoms in total. The molecule has 4 rings (SSSR count). The summed E-state index contributed by atoms with van der Waals surface area (Å²) >= 11 is 0. The summed E-state index contributed by atoms with van der Waals surface area (Å²) in [5.74, 6) is 0.749. The molecule has 0 saturated carbocycles. The summed E-state index contributed by atoms with van der Waals surface area (Å²) < 4.78 is 62.5. The van der Waals surface area contributed by atoms with Crippen molar-refractivity contribution in [2.24, 2.45) is 0 Å². The lowest BCUT2D eigenvalue weighted by molar-refractivity contribution is -0.153. The van der Waals surface area contributed by atoms with Crippen molar-refractivity contribution < 1.29 is 27.0 Å². The molecule has 4 aromatic rings. The van der Waals surface area contributed by atoms with E-state index < -0.39 is 12.8 Å². The van der Waals surface area contributed by atoms with E-state index in [1.165, 1.54) is 12.1 Å². The highest BCUT2D eigenvalue weighted by atomic mass is 19.4.